The molecule has 4 amide bonds. The van der Waals surface area contributed by atoms with Gasteiger partial charge in [-0.3, -0.25) is 14.9 Å². The highest BCUT2D eigenvalue weighted by atomic mass is 16.2. The van der Waals surface area contributed by atoms with Gasteiger partial charge in [-0.1, -0.05) is 12.1 Å². The summed E-state index contributed by atoms with van der Waals surface area (Å²) in [4.78, 5) is 35.0. The maximum Gasteiger partial charge on any atom is 0.321 e. The normalized spacial score (nSPS) is 10.5. The molecule has 0 unspecified atom stereocenters. The van der Waals surface area contributed by atoms with E-state index in [9.17, 15) is 14.4 Å². The Morgan fingerprint density at radius 2 is 1.73 bits per heavy atom. The number of anilines is 1. The molecular weight excluding hydrogens is 284 g/mol. The third kappa shape index (κ3) is 5.82. The summed E-state index contributed by atoms with van der Waals surface area (Å²) in [7, 11) is 1.53. The average Bonchev–Trinajstić information content (AvgIpc) is 2.42. The van der Waals surface area contributed by atoms with Crippen LogP contribution in [0.4, 0.5) is 10.5 Å². The van der Waals surface area contributed by atoms with Gasteiger partial charge in [0.1, 0.15) is 0 Å². The average molecular weight is 306 g/mol. The Kier molecular flexibility index (Phi) is 5.91. The van der Waals surface area contributed by atoms with Crippen molar-refractivity contribution in [3.05, 3.63) is 29.8 Å². The van der Waals surface area contributed by atoms with E-state index in [1.54, 1.807) is 24.3 Å². The highest BCUT2D eigenvalue weighted by Gasteiger charge is 2.16. The van der Waals surface area contributed by atoms with Crippen molar-refractivity contribution in [3.63, 3.8) is 0 Å². The van der Waals surface area contributed by atoms with Crippen molar-refractivity contribution in [3.8, 4) is 0 Å². The number of carbonyl (C=O) groups excluding carboxylic acids is 3. The van der Waals surface area contributed by atoms with E-state index >= 15 is 0 Å². The third-order valence-electron chi connectivity index (χ3n) is 2.58. The standard InChI is InChI=1S/C15H22N4O3/c1-15(2,3)19-14(22)18-12(20)9-17-11-8-6-5-7-10(11)13(21)16-4/h5-8,17H,9H2,1-4H3,(H,16,21)(H2,18,19,20,22). The predicted octanol–water partition coefficient (Wildman–Crippen LogP) is 1.08. The van der Waals surface area contributed by atoms with Gasteiger partial charge < -0.3 is 16.0 Å². The van der Waals surface area contributed by atoms with Crippen molar-refractivity contribution in [2.24, 2.45) is 0 Å². The van der Waals surface area contributed by atoms with Gasteiger partial charge in [0.2, 0.25) is 5.91 Å². The first-order valence-electron chi connectivity index (χ1n) is 6.90. The summed E-state index contributed by atoms with van der Waals surface area (Å²) < 4.78 is 0. The van der Waals surface area contributed by atoms with Crippen molar-refractivity contribution in [1.82, 2.24) is 16.0 Å². The maximum atomic E-state index is 11.7. The van der Waals surface area contributed by atoms with E-state index < -0.39 is 17.5 Å². The maximum absolute atomic E-state index is 11.7. The van der Waals surface area contributed by atoms with Crippen LogP contribution in [0.3, 0.4) is 0 Å². The van der Waals surface area contributed by atoms with E-state index in [-0.39, 0.29) is 12.5 Å². The minimum absolute atomic E-state index is 0.119. The Morgan fingerprint density at radius 1 is 1.09 bits per heavy atom. The van der Waals surface area contributed by atoms with Crippen LogP contribution in [0.25, 0.3) is 0 Å². The summed E-state index contributed by atoms with van der Waals surface area (Å²) in [6, 6.07) is 6.25. The van der Waals surface area contributed by atoms with Gasteiger partial charge in [0.05, 0.1) is 12.1 Å². The van der Waals surface area contributed by atoms with Crippen LogP contribution in [0.1, 0.15) is 31.1 Å². The molecule has 0 saturated carbocycles. The fourth-order valence-corrected chi connectivity index (χ4v) is 1.69. The number of rotatable bonds is 4. The molecule has 0 fully saturated rings. The molecule has 0 bridgehead atoms. The fraction of sp³-hybridized carbons (Fsp3) is 0.400. The first kappa shape index (κ1) is 17.5. The zero-order chi connectivity index (χ0) is 16.8. The Balaban J connectivity index is 2.58. The number of imide groups is 1. The van der Waals surface area contributed by atoms with Gasteiger partial charge in [0, 0.05) is 18.3 Å². The molecule has 0 atom stereocenters. The van der Waals surface area contributed by atoms with E-state index in [0.29, 0.717) is 11.3 Å². The quantitative estimate of drug-likeness (QED) is 0.669. The van der Waals surface area contributed by atoms with E-state index in [2.05, 4.69) is 21.3 Å². The molecule has 120 valence electrons. The van der Waals surface area contributed by atoms with Crippen molar-refractivity contribution in [2.45, 2.75) is 26.3 Å². The molecule has 1 rings (SSSR count). The van der Waals surface area contributed by atoms with Crippen LogP contribution >= 0.6 is 0 Å². The topological polar surface area (TPSA) is 99.3 Å². The lowest BCUT2D eigenvalue weighted by Crippen LogP contribution is -2.49. The number of hydrogen-bond acceptors (Lipinski definition) is 4. The van der Waals surface area contributed by atoms with Crippen LogP contribution in [-0.4, -0.2) is 37.0 Å². The molecule has 0 heterocycles. The number of nitrogens with one attached hydrogen (secondary N) is 4. The van der Waals surface area contributed by atoms with E-state index in [1.165, 1.54) is 7.05 Å². The number of benzene rings is 1. The summed E-state index contributed by atoms with van der Waals surface area (Å²) in [5.74, 6) is -0.748. The summed E-state index contributed by atoms with van der Waals surface area (Å²) in [5, 5.41) is 10.2. The number of amides is 4. The second-order valence-electron chi connectivity index (χ2n) is 5.73. The van der Waals surface area contributed by atoms with Gasteiger partial charge >= 0.3 is 6.03 Å². The van der Waals surface area contributed by atoms with Gasteiger partial charge in [-0.05, 0) is 32.9 Å². The first-order chi connectivity index (χ1) is 10.2. The Morgan fingerprint density at radius 3 is 2.32 bits per heavy atom. The Bertz CT molecular complexity index is 564. The lowest BCUT2D eigenvalue weighted by atomic mass is 10.1. The zero-order valence-electron chi connectivity index (χ0n) is 13.2. The molecule has 4 N–H and O–H groups in total. The van der Waals surface area contributed by atoms with Crippen LogP contribution in [0.15, 0.2) is 24.3 Å². The van der Waals surface area contributed by atoms with Crippen LogP contribution in [0.5, 0.6) is 0 Å². The molecule has 0 aliphatic carbocycles. The molecule has 0 radical (unpaired) electrons. The summed E-state index contributed by atoms with van der Waals surface area (Å²) in [5.41, 5.74) is 0.522. The second-order valence-corrected chi connectivity index (χ2v) is 5.73. The van der Waals surface area contributed by atoms with Crippen molar-refractivity contribution >= 4 is 23.5 Å². The molecular formula is C15H22N4O3. The van der Waals surface area contributed by atoms with Crippen molar-refractivity contribution in [2.75, 3.05) is 18.9 Å². The minimum atomic E-state index is -0.557. The number of urea groups is 1. The molecule has 0 aliphatic rings. The number of para-hydroxylation sites is 1. The summed E-state index contributed by atoms with van der Waals surface area (Å²) in [6.07, 6.45) is 0. The lowest BCUT2D eigenvalue weighted by Gasteiger charge is -2.20. The molecule has 0 saturated heterocycles. The number of hydrogen-bond donors (Lipinski definition) is 4. The molecule has 1 aromatic carbocycles. The largest absolute Gasteiger partial charge is 0.375 e. The van der Waals surface area contributed by atoms with E-state index in [4.69, 9.17) is 0 Å². The minimum Gasteiger partial charge on any atom is -0.375 e. The van der Waals surface area contributed by atoms with Gasteiger partial charge in [-0.15, -0.1) is 0 Å². The van der Waals surface area contributed by atoms with Gasteiger partial charge in [-0.2, -0.15) is 0 Å². The number of carbonyl (C=O) groups is 3. The zero-order valence-corrected chi connectivity index (χ0v) is 13.2. The Hall–Kier alpha value is -2.57. The second kappa shape index (κ2) is 7.44. The van der Waals surface area contributed by atoms with Crippen LogP contribution in [0, 0.1) is 0 Å². The van der Waals surface area contributed by atoms with Gasteiger partial charge in [0.25, 0.3) is 5.91 Å². The molecule has 0 aromatic heterocycles. The molecule has 0 aliphatic heterocycles. The van der Waals surface area contributed by atoms with E-state index in [1.807, 2.05) is 20.8 Å². The van der Waals surface area contributed by atoms with Gasteiger partial charge in [-0.25, -0.2) is 4.79 Å². The molecule has 22 heavy (non-hydrogen) atoms. The first-order valence-corrected chi connectivity index (χ1v) is 6.90. The van der Waals surface area contributed by atoms with Crippen molar-refractivity contribution < 1.29 is 14.4 Å². The third-order valence-corrected chi connectivity index (χ3v) is 2.58. The Labute approximate surface area is 129 Å². The van der Waals surface area contributed by atoms with Crippen LogP contribution in [0.2, 0.25) is 0 Å². The lowest BCUT2D eigenvalue weighted by molar-refractivity contribution is -0.118. The molecule has 0 spiro atoms. The summed E-state index contributed by atoms with van der Waals surface area (Å²) in [6.45, 7) is 5.32. The molecule has 7 heteroatoms. The van der Waals surface area contributed by atoms with Gasteiger partial charge in [0.15, 0.2) is 0 Å². The molecule has 1 aromatic rings. The SMILES string of the molecule is CNC(=O)c1ccccc1NCC(=O)NC(=O)NC(C)(C)C. The van der Waals surface area contributed by atoms with Crippen LogP contribution in [-0.2, 0) is 4.79 Å². The fourth-order valence-electron chi connectivity index (χ4n) is 1.69. The van der Waals surface area contributed by atoms with Crippen LogP contribution < -0.4 is 21.3 Å². The highest BCUT2D eigenvalue weighted by Crippen LogP contribution is 2.14. The molecule has 7 nitrogen and oxygen atoms in total. The monoisotopic (exact) mass is 306 g/mol. The van der Waals surface area contributed by atoms with Crippen molar-refractivity contribution in [1.29, 1.82) is 0 Å². The van der Waals surface area contributed by atoms with E-state index in [0.717, 1.165) is 0 Å². The highest BCUT2D eigenvalue weighted by molar-refractivity contribution is 6.01. The predicted molar refractivity (Wildman–Crippen MR) is 84.7 cm³/mol. The smallest absolute Gasteiger partial charge is 0.321 e. The summed E-state index contributed by atoms with van der Waals surface area (Å²) >= 11 is 0.